The summed E-state index contributed by atoms with van der Waals surface area (Å²) >= 11 is 0. The molecule has 1 aliphatic rings. The van der Waals surface area contributed by atoms with E-state index in [1.165, 1.54) is 13.2 Å². The van der Waals surface area contributed by atoms with E-state index in [0.29, 0.717) is 30.3 Å². The van der Waals surface area contributed by atoms with Crippen molar-refractivity contribution in [3.05, 3.63) is 53.9 Å². The molecular formula is C20H21N3O3. The van der Waals surface area contributed by atoms with Gasteiger partial charge in [0.1, 0.15) is 5.82 Å². The van der Waals surface area contributed by atoms with Gasteiger partial charge in [-0.05, 0) is 43.2 Å². The van der Waals surface area contributed by atoms with E-state index >= 15 is 0 Å². The minimum atomic E-state index is -0.0358. The van der Waals surface area contributed by atoms with Crippen molar-refractivity contribution in [2.24, 2.45) is 0 Å². The fourth-order valence-electron chi connectivity index (χ4n) is 3.52. The number of phenolic OH excluding ortho intramolecular Hbond substituents is 1. The van der Waals surface area contributed by atoms with Gasteiger partial charge in [0, 0.05) is 24.6 Å². The Balaban J connectivity index is 1.45. The summed E-state index contributed by atoms with van der Waals surface area (Å²) in [5.41, 5.74) is 2.57. The number of hydrogen-bond donors (Lipinski definition) is 2. The van der Waals surface area contributed by atoms with Crippen molar-refractivity contribution >= 4 is 16.9 Å². The van der Waals surface area contributed by atoms with E-state index in [9.17, 15) is 9.90 Å². The van der Waals surface area contributed by atoms with Crippen molar-refractivity contribution < 1.29 is 14.6 Å². The number of rotatable bonds is 3. The molecule has 0 spiro atoms. The summed E-state index contributed by atoms with van der Waals surface area (Å²) in [6.07, 6.45) is 1.75. The number of aromatic nitrogens is 2. The van der Waals surface area contributed by atoms with Crippen molar-refractivity contribution in [2.45, 2.75) is 18.8 Å². The van der Waals surface area contributed by atoms with E-state index in [0.717, 1.165) is 29.7 Å². The fraction of sp³-hybridized carbons (Fsp3) is 0.300. The molecule has 1 saturated heterocycles. The number of imidazole rings is 1. The largest absolute Gasteiger partial charge is 0.504 e. The quantitative estimate of drug-likeness (QED) is 0.759. The zero-order chi connectivity index (χ0) is 18.1. The third kappa shape index (κ3) is 2.98. The molecule has 0 atom stereocenters. The Labute approximate surface area is 151 Å². The van der Waals surface area contributed by atoms with Gasteiger partial charge in [-0.25, -0.2) is 4.98 Å². The summed E-state index contributed by atoms with van der Waals surface area (Å²) in [6.45, 7) is 1.37. The van der Waals surface area contributed by atoms with Gasteiger partial charge in [-0.1, -0.05) is 12.1 Å². The Morgan fingerprint density at radius 2 is 2.00 bits per heavy atom. The van der Waals surface area contributed by atoms with Crippen molar-refractivity contribution in [1.29, 1.82) is 0 Å². The number of piperidine rings is 1. The second-order valence-electron chi connectivity index (χ2n) is 6.59. The number of ether oxygens (including phenoxy) is 1. The average Bonchev–Trinajstić information content (AvgIpc) is 3.12. The van der Waals surface area contributed by atoms with Crippen LogP contribution in [0.3, 0.4) is 0 Å². The first-order chi connectivity index (χ1) is 12.7. The van der Waals surface area contributed by atoms with Crippen molar-refractivity contribution in [2.75, 3.05) is 20.2 Å². The zero-order valence-electron chi connectivity index (χ0n) is 14.6. The summed E-state index contributed by atoms with van der Waals surface area (Å²) < 4.78 is 5.09. The summed E-state index contributed by atoms with van der Waals surface area (Å²) in [7, 11) is 1.47. The van der Waals surface area contributed by atoms with E-state index in [4.69, 9.17) is 9.72 Å². The highest BCUT2D eigenvalue weighted by Gasteiger charge is 2.26. The van der Waals surface area contributed by atoms with Gasteiger partial charge in [-0.15, -0.1) is 0 Å². The molecule has 0 bridgehead atoms. The highest BCUT2D eigenvalue weighted by Crippen LogP contribution is 2.30. The molecule has 1 aromatic heterocycles. The number of H-pyrrole nitrogens is 1. The van der Waals surface area contributed by atoms with Gasteiger partial charge >= 0.3 is 0 Å². The molecule has 26 heavy (non-hydrogen) atoms. The van der Waals surface area contributed by atoms with Crippen LogP contribution in [0.15, 0.2) is 42.5 Å². The van der Waals surface area contributed by atoms with Gasteiger partial charge in [0.2, 0.25) is 0 Å². The molecule has 2 heterocycles. The molecule has 1 amide bonds. The molecule has 0 aliphatic carbocycles. The molecule has 0 radical (unpaired) electrons. The lowest BCUT2D eigenvalue weighted by Gasteiger charge is -2.31. The van der Waals surface area contributed by atoms with E-state index in [1.54, 1.807) is 12.1 Å². The standard InChI is InChI=1S/C20H21N3O3/c1-26-18-12-14(6-7-17(18)24)20(25)23-10-8-13(9-11-23)19-21-15-4-2-3-5-16(15)22-19/h2-7,12-13,24H,8-11H2,1H3,(H,21,22). The van der Waals surface area contributed by atoms with E-state index in [2.05, 4.69) is 4.98 Å². The van der Waals surface area contributed by atoms with Crippen LogP contribution in [-0.2, 0) is 0 Å². The first-order valence-corrected chi connectivity index (χ1v) is 8.76. The smallest absolute Gasteiger partial charge is 0.253 e. The zero-order valence-corrected chi connectivity index (χ0v) is 14.6. The third-order valence-corrected chi connectivity index (χ3v) is 5.00. The van der Waals surface area contributed by atoms with Gasteiger partial charge in [-0.3, -0.25) is 4.79 Å². The lowest BCUT2D eigenvalue weighted by molar-refractivity contribution is 0.0711. The summed E-state index contributed by atoms with van der Waals surface area (Å²) in [5, 5.41) is 9.69. The number of carbonyl (C=O) groups is 1. The van der Waals surface area contributed by atoms with Gasteiger partial charge in [0.25, 0.3) is 5.91 Å². The van der Waals surface area contributed by atoms with Crippen molar-refractivity contribution in [1.82, 2.24) is 14.9 Å². The molecule has 1 fully saturated rings. The Kier molecular flexibility index (Phi) is 4.24. The maximum atomic E-state index is 12.7. The van der Waals surface area contributed by atoms with Crippen LogP contribution >= 0.6 is 0 Å². The van der Waals surface area contributed by atoms with E-state index in [1.807, 2.05) is 29.2 Å². The molecule has 0 unspecified atom stereocenters. The molecule has 134 valence electrons. The van der Waals surface area contributed by atoms with Crippen molar-refractivity contribution in [3.63, 3.8) is 0 Å². The molecule has 1 aliphatic heterocycles. The monoisotopic (exact) mass is 351 g/mol. The molecule has 2 aromatic carbocycles. The Bertz CT molecular complexity index is 909. The number of phenols is 1. The van der Waals surface area contributed by atoms with Crippen LogP contribution in [0.4, 0.5) is 0 Å². The number of nitrogens with zero attached hydrogens (tertiary/aromatic N) is 2. The van der Waals surface area contributed by atoms with Crippen LogP contribution in [0.5, 0.6) is 11.5 Å². The number of fused-ring (bicyclic) bond motifs is 1. The molecule has 4 rings (SSSR count). The number of aromatic amines is 1. The number of nitrogens with one attached hydrogen (secondary N) is 1. The maximum Gasteiger partial charge on any atom is 0.253 e. The maximum absolute atomic E-state index is 12.7. The fourth-order valence-corrected chi connectivity index (χ4v) is 3.52. The molecule has 6 heteroatoms. The number of benzene rings is 2. The van der Waals surface area contributed by atoms with Gasteiger partial charge in [0.15, 0.2) is 11.5 Å². The van der Waals surface area contributed by atoms with Crippen LogP contribution in [0.1, 0.15) is 34.9 Å². The minimum absolute atomic E-state index is 0.0349. The first kappa shape index (κ1) is 16.4. The van der Waals surface area contributed by atoms with Crippen molar-refractivity contribution in [3.8, 4) is 11.5 Å². The number of likely N-dealkylation sites (tertiary alicyclic amines) is 1. The Morgan fingerprint density at radius 1 is 1.23 bits per heavy atom. The third-order valence-electron chi connectivity index (χ3n) is 5.00. The molecule has 0 saturated carbocycles. The number of carbonyl (C=O) groups excluding carboxylic acids is 1. The summed E-state index contributed by atoms with van der Waals surface area (Å²) in [5.74, 6) is 1.65. The van der Waals surface area contributed by atoms with Crippen LogP contribution in [0, 0.1) is 0 Å². The van der Waals surface area contributed by atoms with Crippen LogP contribution in [-0.4, -0.2) is 46.1 Å². The van der Waals surface area contributed by atoms with Gasteiger partial charge in [-0.2, -0.15) is 0 Å². The topological polar surface area (TPSA) is 78.5 Å². The number of aromatic hydroxyl groups is 1. The number of amides is 1. The predicted molar refractivity (Wildman–Crippen MR) is 98.6 cm³/mol. The molecule has 6 nitrogen and oxygen atoms in total. The number of hydrogen-bond acceptors (Lipinski definition) is 4. The SMILES string of the molecule is COc1cc(C(=O)N2CCC(c3nc4ccccc4[nH]3)CC2)ccc1O. The normalized spacial score (nSPS) is 15.3. The minimum Gasteiger partial charge on any atom is -0.504 e. The first-order valence-electron chi connectivity index (χ1n) is 8.76. The van der Waals surface area contributed by atoms with Crippen LogP contribution < -0.4 is 4.74 Å². The highest BCUT2D eigenvalue weighted by molar-refractivity contribution is 5.95. The second-order valence-corrected chi connectivity index (χ2v) is 6.59. The van der Waals surface area contributed by atoms with Gasteiger partial charge < -0.3 is 19.7 Å². The molecule has 2 N–H and O–H groups in total. The molecule has 3 aromatic rings. The highest BCUT2D eigenvalue weighted by atomic mass is 16.5. The summed E-state index contributed by atoms with van der Waals surface area (Å²) in [4.78, 5) is 22.7. The van der Waals surface area contributed by atoms with Crippen LogP contribution in [0.2, 0.25) is 0 Å². The summed E-state index contributed by atoms with van der Waals surface area (Å²) in [6, 6.07) is 12.7. The van der Waals surface area contributed by atoms with E-state index < -0.39 is 0 Å². The Morgan fingerprint density at radius 3 is 2.73 bits per heavy atom. The Hall–Kier alpha value is -3.02. The van der Waals surface area contributed by atoms with E-state index in [-0.39, 0.29) is 11.7 Å². The lowest BCUT2D eigenvalue weighted by Crippen LogP contribution is -2.38. The van der Waals surface area contributed by atoms with Crippen LogP contribution in [0.25, 0.3) is 11.0 Å². The number of para-hydroxylation sites is 2. The predicted octanol–water partition coefficient (Wildman–Crippen LogP) is 3.30. The second kappa shape index (κ2) is 6.71. The van der Waals surface area contributed by atoms with Gasteiger partial charge in [0.05, 0.1) is 18.1 Å². The molecular weight excluding hydrogens is 330 g/mol. The lowest BCUT2D eigenvalue weighted by atomic mass is 9.95. The average molecular weight is 351 g/mol. The number of methoxy groups -OCH3 is 1.